The maximum atomic E-state index is 11.9. The fourth-order valence-corrected chi connectivity index (χ4v) is 4.52. The SMILES string of the molecule is COC(=O)c1sccc1-c1ccc(C(C)(C)O[SiH2]C(C)(C)C(C)C)cc1. The Morgan fingerprint density at radius 2 is 1.69 bits per heavy atom. The molecular formula is C21H30O3SSi. The van der Waals surface area contributed by atoms with E-state index in [4.69, 9.17) is 9.16 Å². The first-order valence-corrected chi connectivity index (χ1v) is 11.2. The van der Waals surface area contributed by atoms with Crippen molar-refractivity contribution in [1.29, 1.82) is 0 Å². The zero-order valence-electron chi connectivity index (χ0n) is 16.9. The topological polar surface area (TPSA) is 35.5 Å². The molecule has 0 radical (unpaired) electrons. The Hall–Kier alpha value is -1.43. The van der Waals surface area contributed by atoms with Gasteiger partial charge in [0, 0.05) is 5.56 Å². The quantitative estimate of drug-likeness (QED) is 0.469. The summed E-state index contributed by atoms with van der Waals surface area (Å²) in [5.74, 6) is 0.326. The minimum absolute atomic E-state index is 0.267. The molecule has 2 rings (SSSR count). The van der Waals surface area contributed by atoms with Crippen molar-refractivity contribution in [2.45, 2.75) is 52.2 Å². The number of benzene rings is 1. The predicted molar refractivity (Wildman–Crippen MR) is 113 cm³/mol. The molecule has 1 heterocycles. The standard InChI is InChI=1S/C21H30O3SSi/c1-14(2)21(5,6)26-24-20(3,4)16-10-8-15(9-11-16)17-12-13-25-18(17)19(22)23-7/h8-14H,26H2,1-7H3. The molecule has 0 amide bonds. The highest BCUT2D eigenvalue weighted by Gasteiger charge is 2.29. The van der Waals surface area contributed by atoms with Gasteiger partial charge in [0.15, 0.2) is 9.76 Å². The van der Waals surface area contributed by atoms with Crippen LogP contribution in [0.15, 0.2) is 35.7 Å². The second kappa shape index (κ2) is 8.07. The van der Waals surface area contributed by atoms with E-state index in [0.717, 1.165) is 16.7 Å². The van der Waals surface area contributed by atoms with Crippen LogP contribution >= 0.6 is 11.3 Å². The lowest BCUT2D eigenvalue weighted by Gasteiger charge is -2.34. The molecule has 0 saturated heterocycles. The number of hydrogen-bond donors (Lipinski definition) is 0. The lowest BCUT2D eigenvalue weighted by molar-refractivity contribution is 0.0607. The van der Waals surface area contributed by atoms with Crippen LogP contribution in [0.3, 0.4) is 0 Å². The van der Waals surface area contributed by atoms with Gasteiger partial charge in [0.25, 0.3) is 0 Å². The molecule has 0 fully saturated rings. The number of methoxy groups -OCH3 is 1. The summed E-state index contributed by atoms with van der Waals surface area (Å²) in [7, 11) is 0.726. The highest BCUT2D eigenvalue weighted by molar-refractivity contribution is 7.12. The first-order chi connectivity index (χ1) is 12.1. The molecule has 0 aliphatic rings. The molecule has 0 spiro atoms. The number of esters is 1. The molecule has 0 N–H and O–H groups in total. The molecule has 0 unspecified atom stereocenters. The van der Waals surface area contributed by atoms with Crippen LogP contribution in [-0.4, -0.2) is 22.8 Å². The normalized spacial score (nSPS) is 12.9. The van der Waals surface area contributed by atoms with E-state index < -0.39 is 9.76 Å². The zero-order chi connectivity index (χ0) is 19.5. The van der Waals surface area contributed by atoms with Crippen molar-refractivity contribution in [2.24, 2.45) is 5.92 Å². The fourth-order valence-electron chi connectivity index (χ4n) is 2.45. The third-order valence-electron chi connectivity index (χ3n) is 5.30. The van der Waals surface area contributed by atoms with E-state index in [2.05, 4.69) is 65.8 Å². The molecule has 0 atom stereocenters. The number of rotatable bonds is 7. The van der Waals surface area contributed by atoms with E-state index in [1.54, 1.807) is 0 Å². The average molecular weight is 391 g/mol. The van der Waals surface area contributed by atoms with E-state index in [-0.39, 0.29) is 16.6 Å². The second-order valence-corrected chi connectivity index (χ2v) is 11.5. The average Bonchev–Trinajstić information content (AvgIpc) is 3.09. The third kappa shape index (κ3) is 4.64. The van der Waals surface area contributed by atoms with Crippen LogP contribution in [0.5, 0.6) is 0 Å². The van der Waals surface area contributed by atoms with Crippen LogP contribution in [0.1, 0.15) is 56.8 Å². The monoisotopic (exact) mass is 390 g/mol. The van der Waals surface area contributed by atoms with Crippen molar-refractivity contribution < 1.29 is 14.0 Å². The van der Waals surface area contributed by atoms with Gasteiger partial charge in [-0.15, -0.1) is 11.3 Å². The highest BCUT2D eigenvalue weighted by atomic mass is 32.1. The Kier molecular flexibility index (Phi) is 6.48. The van der Waals surface area contributed by atoms with E-state index in [0.29, 0.717) is 10.8 Å². The molecule has 2 aromatic rings. The maximum Gasteiger partial charge on any atom is 0.348 e. The van der Waals surface area contributed by atoms with Gasteiger partial charge in [0.2, 0.25) is 0 Å². The molecular weight excluding hydrogens is 360 g/mol. The Balaban J connectivity index is 2.19. The summed E-state index contributed by atoms with van der Waals surface area (Å²) in [6, 6.07) is 10.3. The number of carbonyl (C=O) groups excluding carboxylic acids is 1. The van der Waals surface area contributed by atoms with Crippen molar-refractivity contribution in [3.05, 3.63) is 46.2 Å². The van der Waals surface area contributed by atoms with Crippen LogP contribution in [0.25, 0.3) is 11.1 Å². The Morgan fingerprint density at radius 1 is 1.08 bits per heavy atom. The van der Waals surface area contributed by atoms with Crippen LogP contribution in [0, 0.1) is 5.92 Å². The smallest absolute Gasteiger partial charge is 0.348 e. The summed E-state index contributed by atoms with van der Waals surface area (Å²) in [4.78, 5) is 12.5. The van der Waals surface area contributed by atoms with Crippen molar-refractivity contribution in [1.82, 2.24) is 0 Å². The first kappa shape index (κ1) is 20.9. The summed E-state index contributed by atoms with van der Waals surface area (Å²) in [5, 5.41) is 2.19. The first-order valence-electron chi connectivity index (χ1n) is 8.99. The van der Waals surface area contributed by atoms with Gasteiger partial charge in [-0.05, 0) is 47.4 Å². The van der Waals surface area contributed by atoms with Crippen LogP contribution in [-0.2, 0) is 14.8 Å². The van der Waals surface area contributed by atoms with Gasteiger partial charge < -0.3 is 9.16 Å². The third-order valence-corrected chi connectivity index (χ3v) is 8.62. The minimum atomic E-state index is -0.688. The van der Waals surface area contributed by atoms with Gasteiger partial charge >= 0.3 is 5.97 Å². The van der Waals surface area contributed by atoms with Crippen molar-refractivity contribution in [3.63, 3.8) is 0 Å². The highest BCUT2D eigenvalue weighted by Crippen LogP contribution is 2.36. The summed E-state index contributed by atoms with van der Waals surface area (Å²) in [5.41, 5.74) is 2.79. The lowest BCUT2D eigenvalue weighted by atomic mass is 9.96. The summed E-state index contributed by atoms with van der Waals surface area (Å²) in [6.45, 7) is 13.4. The predicted octanol–water partition coefficient (Wildman–Crippen LogP) is 5.39. The summed E-state index contributed by atoms with van der Waals surface area (Å²) < 4.78 is 11.3. The molecule has 0 aliphatic heterocycles. The molecule has 5 heteroatoms. The van der Waals surface area contributed by atoms with Crippen molar-refractivity contribution in [3.8, 4) is 11.1 Å². The Morgan fingerprint density at radius 3 is 2.23 bits per heavy atom. The number of ether oxygens (including phenoxy) is 1. The number of thiophene rings is 1. The van der Waals surface area contributed by atoms with Gasteiger partial charge in [0.05, 0.1) is 12.7 Å². The number of hydrogen-bond acceptors (Lipinski definition) is 4. The van der Waals surface area contributed by atoms with Crippen LogP contribution in [0.4, 0.5) is 0 Å². The van der Waals surface area contributed by atoms with Gasteiger partial charge in [-0.1, -0.05) is 52.0 Å². The summed E-state index contributed by atoms with van der Waals surface area (Å²) in [6.07, 6.45) is 0. The van der Waals surface area contributed by atoms with E-state index >= 15 is 0 Å². The minimum Gasteiger partial charge on any atom is -0.465 e. The number of carbonyl (C=O) groups is 1. The molecule has 0 bridgehead atoms. The maximum absolute atomic E-state index is 11.9. The molecule has 3 nitrogen and oxygen atoms in total. The Labute approximate surface area is 163 Å². The molecule has 26 heavy (non-hydrogen) atoms. The van der Waals surface area contributed by atoms with Crippen molar-refractivity contribution >= 4 is 27.1 Å². The zero-order valence-corrected chi connectivity index (χ0v) is 19.1. The van der Waals surface area contributed by atoms with E-state index in [1.807, 2.05) is 11.4 Å². The summed E-state index contributed by atoms with van der Waals surface area (Å²) >= 11 is 1.41. The van der Waals surface area contributed by atoms with Crippen LogP contribution < -0.4 is 0 Å². The Bertz CT molecular complexity index is 745. The van der Waals surface area contributed by atoms with Crippen LogP contribution in [0.2, 0.25) is 5.04 Å². The van der Waals surface area contributed by atoms with Gasteiger partial charge in [-0.2, -0.15) is 0 Å². The molecule has 0 aliphatic carbocycles. The van der Waals surface area contributed by atoms with Gasteiger partial charge in [0.1, 0.15) is 4.88 Å². The van der Waals surface area contributed by atoms with Gasteiger partial charge in [-0.25, -0.2) is 4.79 Å². The molecule has 1 aromatic carbocycles. The van der Waals surface area contributed by atoms with E-state index in [9.17, 15) is 4.79 Å². The second-order valence-electron chi connectivity index (χ2n) is 8.17. The largest absolute Gasteiger partial charge is 0.465 e. The lowest BCUT2D eigenvalue weighted by Crippen LogP contribution is -2.30. The molecule has 0 saturated carbocycles. The van der Waals surface area contributed by atoms with Crippen molar-refractivity contribution in [2.75, 3.05) is 7.11 Å². The molecule has 142 valence electrons. The van der Waals surface area contributed by atoms with Gasteiger partial charge in [-0.3, -0.25) is 0 Å². The molecule has 1 aromatic heterocycles. The van der Waals surface area contributed by atoms with E-state index in [1.165, 1.54) is 18.4 Å². The fraction of sp³-hybridized carbons (Fsp3) is 0.476.